The van der Waals surface area contributed by atoms with Gasteiger partial charge in [-0.15, -0.1) is 10.2 Å². The molecule has 2 atom stereocenters. The third kappa shape index (κ3) is 2.65. The molecule has 2 heterocycles. The molecule has 1 aliphatic rings. The summed E-state index contributed by atoms with van der Waals surface area (Å²) in [7, 11) is 1.65. The Hall–Kier alpha value is -0.980. The first-order valence-corrected chi connectivity index (χ1v) is 5.93. The monoisotopic (exact) mass is 241 g/mol. The molecule has 17 heavy (non-hydrogen) atoms. The number of hydrogen-bond acceptors (Lipinski definition) is 5. The first kappa shape index (κ1) is 12.5. The quantitative estimate of drug-likeness (QED) is 0.820. The van der Waals surface area contributed by atoms with Crippen molar-refractivity contribution in [3.8, 4) is 0 Å². The van der Waals surface area contributed by atoms with Crippen LogP contribution < -0.4 is 0 Å². The Morgan fingerprint density at radius 1 is 1.47 bits per heavy atom. The van der Waals surface area contributed by atoms with Crippen LogP contribution in [0.15, 0.2) is 0 Å². The van der Waals surface area contributed by atoms with Crippen molar-refractivity contribution < 1.29 is 14.6 Å². The number of aromatic nitrogens is 3. The molecular formula is C11H19N3O3. The van der Waals surface area contributed by atoms with Crippen LogP contribution in [-0.2, 0) is 22.6 Å². The standard InChI is InChI=1S/C11H19N3O3/c1-8-3-4-9(17-8)11-13-12-10(7-15)14(11)5-6-16-2/h8-9,15H,3-7H2,1-2H3. The summed E-state index contributed by atoms with van der Waals surface area (Å²) in [5, 5.41) is 17.3. The van der Waals surface area contributed by atoms with Crippen molar-refractivity contribution >= 4 is 0 Å². The van der Waals surface area contributed by atoms with E-state index in [0.29, 0.717) is 19.0 Å². The van der Waals surface area contributed by atoms with E-state index >= 15 is 0 Å². The van der Waals surface area contributed by atoms with Gasteiger partial charge in [-0.1, -0.05) is 0 Å². The molecule has 0 saturated carbocycles. The van der Waals surface area contributed by atoms with Gasteiger partial charge in [0.1, 0.15) is 12.7 Å². The van der Waals surface area contributed by atoms with Gasteiger partial charge in [-0.3, -0.25) is 0 Å². The van der Waals surface area contributed by atoms with Gasteiger partial charge in [-0.25, -0.2) is 0 Å². The summed E-state index contributed by atoms with van der Waals surface area (Å²) < 4.78 is 12.7. The van der Waals surface area contributed by atoms with E-state index in [9.17, 15) is 5.11 Å². The van der Waals surface area contributed by atoms with E-state index in [1.165, 1.54) is 0 Å². The Kier molecular flexibility index (Phi) is 4.09. The molecule has 0 aromatic carbocycles. The molecule has 1 saturated heterocycles. The fourth-order valence-electron chi connectivity index (χ4n) is 2.12. The lowest BCUT2D eigenvalue weighted by Crippen LogP contribution is -2.15. The van der Waals surface area contributed by atoms with Crippen LogP contribution in [0.3, 0.4) is 0 Å². The topological polar surface area (TPSA) is 69.4 Å². The molecule has 96 valence electrons. The van der Waals surface area contributed by atoms with Crippen LogP contribution in [0.5, 0.6) is 0 Å². The SMILES string of the molecule is COCCn1c(CO)nnc1C1CCC(C)O1. The highest BCUT2D eigenvalue weighted by atomic mass is 16.5. The number of aliphatic hydroxyl groups excluding tert-OH is 1. The van der Waals surface area contributed by atoms with Crippen LogP contribution in [0.25, 0.3) is 0 Å². The van der Waals surface area contributed by atoms with E-state index in [-0.39, 0.29) is 18.8 Å². The number of nitrogens with zero attached hydrogens (tertiary/aromatic N) is 3. The van der Waals surface area contributed by atoms with Crippen LogP contribution in [-0.4, -0.2) is 39.7 Å². The minimum Gasteiger partial charge on any atom is -0.388 e. The molecule has 0 radical (unpaired) electrons. The molecule has 1 N–H and O–H groups in total. The number of rotatable bonds is 5. The van der Waals surface area contributed by atoms with Gasteiger partial charge in [-0.05, 0) is 19.8 Å². The summed E-state index contributed by atoms with van der Waals surface area (Å²) in [4.78, 5) is 0. The van der Waals surface area contributed by atoms with Gasteiger partial charge in [-0.2, -0.15) is 0 Å². The summed E-state index contributed by atoms with van der Waals surface area (Å²) in [6.45, 7) is 3.16. The highest BCUT2D eigenvalue weighted by molar-refractivity contribution is 5.00. The molecule has 0 spiro atoms. The van der Waals surface area contributed by atoms with Crippen LogP contribution in [0.1, 0.15) is 37.5 Å². The normalized spacial score (nSPS) is 24.4. The number of hydrogen-bond donors (Lipinski definition) is 1. The van der Waals surface area contributed by atoms with E-state index < -0.39 is 0 Å². The molecule has 1 aliphatic heterocycles. The van der Waals surface area contributed by atoms with Crippen molar-refractivity contribution in [1.29, 1.82) is 0 Å². The molecule has 0 bridgehead atoms. The van der Waals surface area contributed by atoms with Crippen LogP contribution in [0, 0.1) is 0 Å². The summed E-state index contributed by atoms with van der Waals surface area (Å²) in [6, 6.07) is 0. The predicted molar refractivity (Wildman–Crippen MR) is 60.3 cm³/mol. The second-order valence-electron chi connectivity index (χ2n) is 4.29. The van der Waals surface area contributed by atoms with E-state index in [2.05, 4.69) is 17.1 Å². The summed E-state index contributed by atoms with van der Waals surface area (Å²) in [5.41, 5.74) is 0. The van der Waals surface area contributed by atoms with Gasteiger partial charge in [0, 0.05) is 13.7 Å². The molecule has 2 unspecified atom stereocenters. The Morgan fingerprint density at radius 3 is 2.88 bits per heavy atom. The van der Waals surface area contributed by atoms with E-state index in [0.717, 1.165) is 18.7 Å². The maximum Gasteiger partial charge on any atom is 0.162 e. The molecule has 1 aromatic rings. The van der Waals surface area contributed by atoms with E-state index in [1.54, 1.807) is 7.11 Å². The van der Waals surface area contributed by atoms with Gasteiger partial charge < -0.3 is 19.1 Å². The Bertz CT molecular complexity index is 367. The van der Waals surface area contributed by atoms with Crippen LogP contribution in [0.2, 0.25) is 0 Å². The van der Waals surface area contributed by atoms with Crippen molar-refractivity contribution in [1.82, 2.24) is 14.8 Å². The molecule has 6 nitrogen and oxygen atoms in total. The minimum absolute atomic E-state index is 0.00495. The summed E-state index contributed by atoms with van der Waals surface area (Å²) >= 11 is 0. The maximum atomic E-state index is 9.22. The van der Waals surface area contributed by atoms with Crippen molar-refractivity contribution in [2.75, 3.05) is 13.7 Å². The third-order valence-electron chi connectivity index (χ3n) is 3.04. The molecule has 6 heteroatoms. The predicted octanol–water partition coefficient (Wildman–Crippen LogP) is 0.657. The Balaban J connectivity index is 2.17. The highest BCUT2D eigenvalue weighted by Gasteiger charge is 2.28. The molecule has 1 aromatic heterocycles. The smallest absolute Gasteiger partial charge is 0.162 e. The summed E-state index contributed by atoms with van der Waals surface area (Å²) in [5.74, 6) is 1.37. The molecule has 2 rings (SSSR count). The van der Waals surface area contributed by atoms with Crippen molar-refractivity contribution in [3.05, 3.63) is 11.6 Å². The average Bonchev–Trinajstić information content (AvgIpc) is 2.91. The second kappa shape index (κ2) is 5.57. The van der Waals surface area contributed by atoms with E-state index in [4.69, 9.17) is 9.47 Å². The average molecular weight is 241 g/mol. The summed E-state index contributed by atoms with van der Waals surface area (Å²) in [6.07, 6.45) is 2.26. The lowest BCUT2D eigenvalue weighted by Gasteiger charge is -2.13. The lowest BCUT2D eigenvalue weighted by molar-refractivity contribution is 0.0467. The highest BCUT2D eigenvalue weighted by Crippen LogP contribution is 2.31. The van der Waals surface area contributed by atoms with Gasteiger partial charge in [0.2, 0.25) is 0 Å². The van der Waals surface area contributed by atoms with Gasteiger partial charge >= 0.3 is 0 Å². The number of methoxy groups -OCH3 is 1. The third-order valence-corrected chi connectivity index (χ3v) is 3.04. The van der Waals surface area contributed by atoms with Crippen molar-refractivity contribution in [3.63, 3.8) is 0 Å². The molecular weight excluding hydrogens is 222 g/mol. The fraction of sp³-hybridized carbons (Fsp3) is 0.818. The minimum atomic E-state index is -0.112. The molecule has 0 aliphatic carbocycles. The van der Waals surface area contributed by atoms with Crippen molar-refractivity contribution in [2.24, 2.45) is 0 Å². The zero-order valence-electron chi connectivity index (χ0n) is 10.3. The number of aliphatic hydroxyl groups is 1. The first-order valence-electron chi connectivity index (χ1n) is 5.93. The zero-order valence-corrected chi connectivity index (χ0v) is 10.3. The number of ether oxygens (including phenoxy) is 2. The van der Waals surface area contributed by atoms with Gasteiger partial charge in [0.25, 0.3) is 0 Å². The van der Waals surface area contributed by atoms with E-state index in [1.807, 2.05) is 4.57 Å². The van der Waals surface area contributed by atoms with Crippen LogP contribution >= 0.6 is 0 Å². The second-order valence-corrected chi connectivity index (χ2v) is 4.29. The Labute approximate surface area is 101 Å². The molecule has 0 amide bonds. The van der Waals surface area contributed by atoms with Gasteiger partial charge in [0.05, 0.1) is 12.7 Å². The molecule has 1 fully saturated rings. The van der Waals surface area contributed by atoms with Gasteiger partial charge in [0.15, 0.2) is 11.6 Å². The Morgan fingerprint density at radius 2 is 2.29 bits per heavy atom. The first-order chi connectivity index (χ1) is 8.26. The van der Waals surface area contributed by atoms with Crippen molar-refractivity contribution in [2.45, 2.75) is 45.1 Å². The largest absolute Gasteiger partial charge is 0.388 e. The maximum absolute atomic E-state index is 9.22. The fourth-order valence-corrected chi connectivity index (χ4v) is 2.12. The van der Waals surface area contributed by atoms with Crippen LogP contribution in [0.4, 0.5) is 0 Å². The lowest BCUT2D eigenvalue weighted by atomic mass is 10.2. The zero-order chi connectivity index (χ0) is 12.3.